The molecule has 0 bridgehead atoms. The molecule has 2 rings (SSSR count). The predicted octanol–water partition coefficient (Wildman–Crippen LogP) is 1.90. The molecule has 0 spiro atoms. The molecule has 4 nitrogen and oxygen atoms in total. The van der Waals surface area contributed by atoms with Gasteiger partial charge in [-0.3, -0.25) is 0 Å². The lowest BCUT2D eigenvalue weighted by Gasteiger charge is -2.01. The molecule has 0 saturated heterocycles. The van der Waals surface area contributed by atoms with Crippen molar-refractivity contribution in [3.63, 3.8) is 0 Å². The van der Waals surface area contributed by atoms with Crippen LogP contribution in [0.1, 0.15) is 51.2 Å². The van der Waals surface area contributed by atoms with Gasteiger partial charge in [0.15, 0.2) is 5.82 Å². The molecule has 4 heteroatoms. The Morgan fingerprint density at radius 1 is 1.60 bits per heavy atom. The van der Waals surface area contributed by atoms with Gasteiger partial charge >= 0.3 is 0 Å². The van der Waals surface area contributed by atoms with Crippen molar-refractivity contribution in [3.8, 4) is 0 Å². The Morgan fingerprint density at radius 3 is 2.80 bits per heavy atom. The molecule has 1 aromatic rings. The van der Waals surface area contributed by atoms with E-state index in [4.69, 9.17) is 4.52 Å². The highest BCUT2D eigenvalue weighted by atomic mass is 16.5. The van der Waals surface area contributed by atoms with Gasteiger partial charge in [-0.2, -0.15) is 4.98 Å². The monoisotopic (exact) mass is 210 g/mol. The van der Waals surface area contributed by atoms with E-state index < -0.39 is 0 Å². The molecule has 15 heavy (non-hydrogen) atoms. The maximum atomic E-state index is 9.45. The minimum Gasteiger partial charge on any atom is -0.393 e. The minimum absolute atomic E-state index is 0.324. The Balaban J connectivity index is 1.99. The van der Waals surface area contributed by atoms with E-state index in [0.717, 1.165) is 12.2 Å². The van der Waals surface area contributed by atoms with Crippen LogP contribution in [0.15, 0.2) is 4.52 Å². The average Bonchev–Trinajstić information content (AvgIpc) is 2.63. The van der Waals surface area contributed by atoms with Gasteiger partial charge in [-0.1, -0.05) is 25.9 Å². The standard InChI is InChI=1S/C11H18N2O2/c1-4-7(14)5-9-12-10(13-15-9)8-6-11(8,2)3/h7-8,14H,4-6H2,1-3H3. The van der Waals surface area contributed by atoms with Crippen molar-refractivity contribution in [1.82, 2.24) is 10.1 Å². The molecule has 0 aliphatic heterocycles. The minimum atomic E-state index is -0.370. The zero-order valence-corrected chi connectivity index (χ0v) is 9.53. The molecule has 0 aromatic carbocycles. The lowest BCUT2D eigenvalue weighted by Crippen LogP contribution is -2.08. The molecular weight excluding hydrogens is 192 g/mol. The lowest BCUT2D eigenvalue weighted by atomic mass is 10.1. The van der Waals surface area contributed by atoms with E-state index in [1.807, 2.05) is 6.92 Å². The van der Waals surface area contributed by atoms with Crippen molar-refractivity contribution >= 4 is 0 Å². The lowest BCUT2D eigenvalue weighted by molar-refractivity contribution is 0.158. The molecule has 1 aliphatic carbocycles. The quantitative estimate of drug-likeness (QED) is 0.824. The van der Waals surface area contributed by atoms with Crippen molar-refractivity contribution in [2.24, 2.45) is 5.41 Å². The maximum Gasteiger partial charge on any atom is 0.229 e. The summed E-state index contributed by atoms with van der Waals surface area (Å²) in [6.45, 7) is 6.34. The van der Waals surface area contributed by atoms with Crippen molar-refractivity contribution in [3.05, 3.63) is 11.7 Å². The number of hydrogen-bond acceptors (Lipinski definition) is 4. The average molecular weight is 210 g/mol. The second-order valence-corrected chi connectivity index (χ2v) is 5.06. The van der Waals surface area contributed by atoms with Crippen LogP contribution in [0.2, 0.25) is 0 Å². The molecule has 1 fully saturated rings. The molecule has 1 N–H and O–H groups in total. The molecule has 2 unspecified atom stereocenters. The zero-order chi connectivity index (χ0) is 11.1. The number of aliphatic hydroxyl groups excluding tert-OH is 1. The zero-order valence-electron chi connectivity index (χ0n) is 9.53. The molecule has 0 radical (unpaired) electrons. The topological polar surface area (TPSA) is 59.2 Å². The van der Waals surface area contributed by atoms with Gasteiger partial charge in [0, 0.05) is 5.92 Å². The summed E-state index contributed by atoms with van der Waals surface area (Å²) in [5.74, 6) is 1.80. The Bertz CT molecular complexity index is 346. The van der Waals surface area contributed by atoms with Crippen LogP contribution in [0.5, 0.6) is 0 Å². The number of nitrogens with zero attached hydrogens (tertiary/aromatic N) is 2. The molecular formula is C11H18N2O2. The maximum absolute atomic E-state index is 9.45. The van der Waals surface area contributed by atoms with Gasteiger partial charge in [0.2, 0.25) is 5.89 Å². The highest BCUT2D eigenvalue weighted by Crippen LogP contribution is 2.57. The van der Waals surface area contributed by atoms with E-state index >= 15 is 0 Å². The van der Waals surface area contributed by atoms with Crippen LogP contribution in [-0.2, 0) is 6.42 Å². The normalized spacial score (nSPS) is 25.2. The second kappa shape index (κ2) is 3.59. The van der Waals surface area contributed by atoms with Gasteiger partial charge in [0.1, 0.15) is 0 Å². The largest absolute Gasteiger partial charge is 0.393 e. The van der Waals surface area contributed by atoms with Gasteiger partial charge in [-0.25, -0.2) is 0 Å². The van der Waals surface area contributed by atoms with Crippen LogP contribution in [0, 0.1) is 5.41 Å². The molecule has 0 amide bonds. The van der Waals surface area contributed by atoms with Gasteiger partial charge in [-0.15, -0.1) is 0 Å². The number of aromatic nitrogens is 2. The van der Waals surface area contributed by atoms with Crippen LogP contribution in [-0.4, -0.2) is 21.4 Å². The van der Waals surface area contributed by atoms with Crippen LogP contribution in [0.25, 0.3) is 0 Å². The van der Waals surface area contributed by atoms with Crippen LogP contribution in [0.4, 0.5) is 0 Å². The van der Waals surface area contributed by atoms with E-state index in [2.05, 4.69) is 24.0 Å². The Kier molecular flexibility index (Phi) is 2.54. The van der Waals surface area contributed by atoms with Crippen molar-refractivity contribution in [2.45, 2.75) is 52.1 Å². The number of hydrogen-bond donors (Lipinski definition) is 1. The molecule has 2 atom stereocenters. The summed E-state index contributed by atoms with van der Waals surface area (Å²) in [4.78, 5) is 4.32. The molecule has 1 aromatic heterocycles. The van der Waals surface area contributed by atoms with Crippen LogP contribution in [0.3, 0.4) is 0 Å². The Morgan fingerprint density at radius 2 is 2.27 bits per heavy atom. The summed E-state index contributed by atoms with van der Waals surface area (Å²) >= 11 is 0. The van der Waals surface area contributed by atoms with Crippen molar-refractivity contribution in [2.75, 3.05) is 0 Å². The first kappa shape index (κ1) is 10.6. The highest BCUT2D eigenvalue weighted by molar-refractivity contribution is 5.14. The number of rotatable bonds is 4. The Labute approximate surface area is 89.7 Å². The number of aliphatic hydroxyl groups is 1. The molecule has 1 saturated carbocycles. The first-order valence-corrected chi connectivity index (χ1v) is 5.53. The summed E-state index contributed by atoms with van der Waals surface area (Å²) in [5.41, 5.74) is 0.324. The van der Waals surface area contributed by atoms with Gasteiger partial charge in [0.25, 0.3) is 0 Å². The van der Waals surface area contributed by atoms with Crippen LogP contribution < -0.4 is 0 Å². The SMILES string of the molecule is CCC(O)Cc1nc(C2CC2(C)C)no1. The predicted molar refractivity (Wildman–Crippen MR) is 55.4 cm³/mol. The van der Waals surface area contributed by atoms with Crippen molar-refractivity contribution < 1.29 is 9.63 Å². The fraction of sp³-hybridized carbons (Fsp3) is 0.818. The third-order valence-electron chi connectivity index (χ3n) is 3.19. The Hall–Kier alpha value is -0.900. The fourth-order valence-corrected chi connectivity index (χ4v) is 1.75. The summed E-state index contributed by atoms with van der Waals surface area (Å²) in [6, 6.07) is 0. The first-order valence-electron chi connectivity index (χ1n) is 5.53. The molecule has 84 valence electrons. The fourth-order valence-electron chi connectivity index (χ4n) is 1.75. The van der Waals surface area contributed by atoms with E-state index in [0.29, 0.717) is 30.1 Å². The summed E-state index contributed by atoms with van der Waals surface area (Å²) < 4.78 is 5.11. The second-order valence-electron chi connectivity index (χ2n) is 5.06. The first-order chi connectivity index (χ1) is 7.03. The van der Waals surface area contributed by atoms with E-state index in [9.17, 15) is 5.11 Å². The van der Waals surface area contributed by atoms with Gasteiger partial charge < -0.3 is 9.63 Å². The smallest absolute Gasteiger partial charge is 0.229 e. The third kappa shape index (κ3) is 2.20. The highest BCUT2D eigenvalue weighted by Gasteiger charge is 2.49. The van der Waals surface area contributed by atoms with Gasteiger partial charge in [0.05, 0.1) is 12.5 Å². The molecule has 1 heterocycles. The van der Waals surface area contributed by atoms with E-state index in [1.54, 1.807) is 0 Å². The van der Waals surface area contributed by atoms with E-state index in [-0.39, 0.29) is 6.10 Å². The summed E-state index contributed by atoms with van der Waals surface area (Å²) in [7, 11) is 0. The summed E-state index contributed by atoms with van der Waals surface area (Å²) in [6.07, 6.45) is 1.94. The molecule has 1 aliphatic rings. The van der Waals surface area contributed by atoms with E-state index in [1.165, 1.54) is 0 Å². The van der Waals surface area contributed by atoms with Gasteiger partial charge in [-0.05, 0) is 18.3 Å². The van der Waals surface area contributed by atoms with Crippen LogP contribution >= 0.6 is 0 Å². The third-order valence-corrected chi connectivity index (χ3v) is 3.19. The summed E-state index contributed by atoms with van der Waals surface area (Å²) in [5, 5.41) is 13.4. The van der Waals surface area contributed by atoms with Crippen molar-refractivity contribution in [1.29, 1.82) is 0 Å².